The van der Waals surface area contributed by atoms with E-state index in [-0.39, 0.29) is 0 Å². The van der Waals surface area contributed by atoms with Gasteiger partial charge >= 0.3 is 0 Å². The molecule has 94 valence electrons. The maximum absolute atomic E-state index is 3.73. The molecule has 0 bridgehead atoms. The first-order chi connectivity index (χ1) is 8.33. The van der Waals surface area contributed by atoms with E-state index in [1.807, 2.05) is 11.3 Å². The van der Waals surface area contributed by atoms with Gasteiger partial charge in [0.05, 0.1) is 0 Å². The Morgan fingerprint density at radius 3 is 3.24 bits per heavy atom. The van der Waals surface area contributed by atoms with Gasteiger partial charge in [-0.3, -0.25) is 4.90 Å². The van der Waals surface area contributed by atoms with Crippen molar-refractivity contribution in [1.82, 2.24) is 10.2 Å². The van der Waals surface area contributed by atoms with Crippen molar-refractivity contribution in [1.29, 1.82) is 0 Å². The number of rotatable bonds is 4. The highest BCUT2D eigenvalue weighted by Crippen LogP contribution is 2.37. The molecule has 3 unspecified atom stereocenters. The minimum atomic E-state index is 0.743. The Morgan fingerprint density at radius 2 is 2.41 bits per heavy atom. The zero-order chi connectivity index (χ0) is 11.7. The Morgan fingerprint density at radius 1 is 1.47 bits per heavy atom. The molecule has 0 aromatic carbocycles. The summed E-state index contributed by atoms with van der Waals surface area (Å²) in [5.74, 6) is 1.94. The molecule has 1 aliphatic heterocycles. The molecule has 1 saturated heterocycles. The Kier molecular flexibility index (Phi) is 3.50. The van der Waals surface area contributed by atoms with E-state index in [1.165, 1.54) is 37.2 Å². The van der Waals surface area contributed by atoms with Crippen LogP contribution in [-0.4, -0.2) is 31.1 Å². The molecule has 2 fully saturated rings. The summed E-state index contributed by atoms with van der Waals surface area (Å²) in [5, 5.41) is 5.90. The lowest BCUT2D eigenvalue weighted by Gasteiger charge is -2.24. The van der Waals surface area contributed by atoms with E-state index in [4.69, 9.17) is 0 Å². The predicted molar refractivity (Wildman–Crippen MR) is 73.3 cm³/mol. The molecule has 3 heteroatoms. The SMILES string of the molecule is CN(Cc1cccs1)CC1NCC2CCCC21. The average Bonchev–Trinajstić information content (AvgIpc) is 2.97. The maximum Gasteiger partial charge on any atom is 0.0325 e. The summed E-state index contributed by atoms with van der Waals surface area (Å²) in [6.45, 7) is 3.58. The predicted octanol–water partition coefficient (Wildman–Crippen LogP) is 2.57. The largest absolute Gasteiger partial charge is 0.312 e. The van der Waals surface area contributed by atoms with Gasteiger partial charge < -0.3 is 5.32 Å². The topological polar surface area (TPSA) is 15.3 Å². The van der Waals surface area contributed by atoms with Crippen LogP contribution in [0.15, 0.2) is 17.5 Å². The molecule has 1 saturated carbocycles. The molecule has 0 radical (unpaired) electrons. The zero-order valence-corrected chi connectivity index (χ0v) is 11.4. The van der Waals surface area contributed by atoms with Crippen molar-refractivity contribution in [3.63, 3.8) is 0 Å². The van der Waals surface area contributed by atoms with Crippen LogP contribution in [0, 0.1) is 11.8 Å². The molecule has 2 heterocycles. The third-order valence-electron chi connectivity index (χ3n) is 4.39. The fraction of sp³-hybridized carbons (Fsp3) is 0.714. The second kappa shape index (κ2) is 5.09. The third-order valence-corrected chi connectivity index (χ3v) is 5.25. The van der Waals surface area contributed by atoms with E-state index >= 15 is 0 Å². The fourth-order valence-electron chi connectivity index (χ4n) is 3.57. The molecule has 1 N–H and O–H groups in total. The van der Waals surface area contributed by atoms with Crippen LogP contribution < -0.4 is 5.32 Å². The van der Waals surface area contributed by atoms with Crippen LogP contribution in [0.1, 0.15) is 24.1 Å². The Balaban J connectivity index is 1.53. The van der Waals surface area contributed by atoms with Gasteiger partial charge in [-0.2, -0.15) is 0 Å². The van der Waals surface area contributed by atoms with Crippen molar-refractivity contribution in [3.8, 4) is 0 Å². The van der Waals surface area contributed by atoms with Crippen LogP contribution in [0.5, 0.6) is 0 Å². The average molecular weight is 250 g/mol. The lowest BCUT2D eigenvalue weighted by Crippen LogP contribution is -2.38. The summed E-state index contributed by atoms with van der Waals surface area (Å²) in [6.07, 6.45) is 4.38. The first kappa shape index (κ1) is 11.7. The van der Waals surface area contributed by atoms with Crippen molar-refractivity contribution in [2.45, 2.75) is 31.8 Å². The number of hydrogen-bond donors (Lipinski definition) is 1. The molecule has 1 aliphatic carbocycles. The van der Waals surface area contributed by atoms with Crippen LogP contribution in [0.3, 0.4) is 0 Å². The van der Waals surface area contributed by atoms with Crippen LogP contribution >= 0.6 is 11.3 Å². The number of thiophene rings is 1. The first-order valence-corrected chi connectivity index (χ1v) is 7.65. The van der Waals surface area contributed by atoms with Crippen LogP contribution in [0.4, 0.5) is 0 Å². The summed E-state index contributed by atoms with van der Waals surface area (Å²) < 4.78 is 0. The molecule has 1 aromatic rings. The molecule has 17 heavy (non-hydrogen) atoms. The molecule has 0 amide bonds. The lowest BCUT2D eigenvalue weighted by atomic mass is 9.94. The minimum absolute atomic E-state index is 0.743. The molecule has 2 nitrogen and oxygen atoms in total. The highest BCUT2D eigenvalue weighted by atomic mass is 32.1. The normalized spacial score (nSPS) is 32.2. The summed E-state index contributed by atoms with van der Waals surface area (Å²) >= 11 is 1.87. The number of likely N-dealkylation sites (N-methyl/N-ethyl adjacent to an activating group) is 1. The van der Waals surface area contributed by atoms with Crippen LogP contribution in [-0.2, 0) is 6.54 Å². The van der Waals surface area contributed by atoms with Gasteiger partial charge in [0.25, 0.3) is 0 Å². The summed E-state index contributed by atoms with van der Waals surface area (Å²) in [4.78, 5) is 3.96. The van der Waals surface area contributed by atoms with Crippen LogP contribution in [0.2, 0.25) is 0 Å². The van der Waals surface area contributed by atoms with Crippen molar-refractivity contribution in [2.24, 2.45) is 11.8 Å². The number of hydrogen-bond acceptors (Lipinski definition) is 3. The van der Waals surface area contributed by atoms with Gasteiger partial charge in [0.2, 0.25) is 0 Å². The number of fused-ring (bicyclic) bond motifs is 1. The van der Waals surface area contributed by atoms with E-state index in [2.05, 4.69) is 34.8 Å². The van der Waals surface area contributed by atoms with Gasteiger partial charge in [-0.15, -0.1) is 11.3 Å². The van der Waals surface area contributed by atoms with Crippen molar-refractivity contribution < 1.29 is 0 Å². The first-order valence-electron chi connectivity index (χ1n) is 6.77. The Hall–Kier alpha value is -0.380. The van der Waals surface area contributed by atoms with Crippen molar-refractivity contribution in [3.05, 3.63) is 22.4 Å². The van der Waals surface area contributed by atoms with Gasteiger partial charge in [-0.25, -0.2) is 0 Å². The second-order valence-electron chi connectivity index (χ2n) is 5.65. The molecular weight excluding hydrogens is 228 g/mol. The molecule has 2 aliphatic rings. The third kappa shape index (κ3) is 2.56. The smallest absolute Gasteiger partial charge is 0.0325 e. The van der Waals surface area contributed by atoms with Gasteiger partial charge in [-0.05, 0) is 49.7 Å². The molecule has 3 atom stereocenters. The monoisotopic (exact) mass is 250 g/mol. The number of nitrogens with one attached hydrogen (secondary N) is 1. The number of nitrogens with zero attached hydrogens (tertiary/aromatic N) is 1. The minimum Gasteiger partial charge on any atom is -0.312 e. The van der Waals surface area contributed by atoms with E-state index < -0.39 is 0 Å². The van der Waals surface area contributed by atoms with Gasteiger partial charge in [-0.1, -0.05) is 12.5 Å². The molecule has 0 spiro atoms. The standard InChI is InChI=1S/C14H22N2S/c1-16(9-12-5-3-7-17-12)10-14-13-6-2-4-11(13)8-15-14/h3,5,7,11,13-15H,2,4,6,8-10H2,1H3. The Labute approximate surface area is 108 Å². The van der Waals surface area contributed by atoms with E-state index in [0.717, 1.165) is 24.4 Å². The highest BCUT2D eigenvalue weighted by Gasteiger charge is 2.38. The second-order valence-corrected chi connectivity index (χ2v) is 6.68. The molecular formula is C14H22N2S. The lowest BCUT2D eigenvalue weighted by molar-refractivity contribution is 0.261. The van der Waals surface area contributed by atoms with E-state index in [9.17, 15) is 0 Å². The van der Waals surface area contributed by atoms with Gasteiger partial charge in [0.1, 0.15) is 0 Å². The summed E-state index contributed by atoms with van der Waals surface area (Å²) in [6, 6.07) is 5.13. The Bertz CT molecular complexity index is 349. The molecule has 1 aromatic heterocycles. The van der Waals surface area contributed by atoms with E-state index in [1.54, 1.807) is 0 Å². The van der Waals surface area contributed by atoms with Gasteiger partial charge in [0.15, 0.2) is 0 Å². The highest BCUT2D eigenvalue weighted by molar-refractivity contribution is 7.09. The van der Waals surface area contributed by atoms with Crippen LogP contribution in [0.25, 0.3) is 0 Å². The van der Waals surface area contributed by atoms with E-state index in [0.29, 0.717) is 0 Å². The quantitative estimate of drug-likeness (QED) is 0.883. The summed E-state index contributed by atoms with van der Waals surface area (Å²) in [7, 11) is 2.25. The van der Waals surface area contributed by atoms with Crippen molar-refractivity contribution >= 4 is 11.3 Å². The van der Waals surface area contributed by atoms with Crippen molar-refractivity contribution in [2.75, 3.05) is 20.1 Å². The van der Waals surface area contributed by atoms with Gasteiger partial charge in [0, 0.05) is 24.0 Å². The zero-order valence-electron chi connectivity index (χ0n) is 10.6. The summed E-state index contributed by atoms with van der Waals surface area (Å²) in [5.41, 5.74) is 0. The maximum atomic E-state index is 3.73. The molecule has 3 rings (SSSR count). The fourth-order valence-corrected chi connectivity index (χ4v) is 4.36.